The van der Waals surface area contributed by atoms with Gasteiger partial charge in [0, 0.05) is 32.0 Å². The lowest BCUT2D eigenvalue weighted by Crippen LogP contribution is -2.27. The highest BCUT2D eigenvalue weighted by Crippen LogP contribution is 2.21. The molecule has 2 atom stereocenters. The van der Waals surface area contributed by atoms with Crippen LogP contribution < -0.4 is 15.5 Å². The molecule has 1 amide bonds. The van der Waals surface area contributed by atoms with Gasteiger partial charge in [0.05, 0.1) is 5.92 Å². The molecule has 0 radical (unpaired) electrons. The van der Waals surface area contributed by atoms with Crippen LogP contribution in [0.2, 0.25) is 0 Å². The molecule has 2 rings (SSSR count). The first kappa shape index (κ1) is 12.9. The van der Waals surface area contributed by atoms with Crippen LogP contribution >= 0.6 is 0 Å². The summed E-state index contributed by atoms with van der Waals surface area (Å²) in [4.78, 5) is 14.2. The molecule has 0 bridgehead atoms. The Morgan fingerprint density at radius 1 is 1.39 bits per heavy atom. The summed E-state index contributed by atoms with van der Waals surface area (Å²) in [5.74, 6) is 0.596. The maximum Gasteiger partial charge on any atom is 0.229 e. The summed E-state index contributed by atoms with van der Waals surface area (Å²) in [6.07, 6.45) is 0. The number of amides is 1. The van der Waals surface area contributed by atoms with E-state index in [1.807, 2.05) is 43.3 Å². The first-order valence-corrected chi connectivity index (χ1v) is 6.37. The number of hydrogen-bond donors (Lipinski definition) is 2. The fraction of sp³-hybridized carbons (Fsp3) is 0.500. The summed E-state index contributed by atoms with van der Waals surface area (Å²) in [6.45, 7) is 3.82. The summed E-state index contributed by atoms with van der Waals surface area (Å²) in [5.41, 5.74) is 1.95. The molecule has 0 spiro atoms. The smallest absolute Gasteiger partial charge is 0.229 e. The molecular formula is C14H21N3O. The van der Waals surface area contributed by atoms with E-state index in [9.17, 15) is 4.79 Å². The van der Waals surface area contributed by atoms with E-state index in [1.54, 1.807) is 0 Å². The zero-order chi connectivity index (χ0) is 13.1. The van der Waals surface area contributed by atoms with Crippen molar-refractivity contribution in [1.82, 2.24) is 5.32 Å². The van der Waals surface area contributed by atoms with Crippen molar-refractivity contribution in [2.45, 2.75) is 6.92 Å². The highest BCUT2D eigenvalue weighted by Gasteiger charge is 2.29. The summed E-state index contributed by atoms with van der Waals surface area (Å²) in [5, 5.41) is 6.25. The normalized spacial score (nSPS) is 22.8. The fourth-order valence-corrected chi connectivity index (χ4v) is 2.26. The van der Waals surface area contributed by atoms with Gasteiger partial charge in [-0.25, -0.2) is 0 Å². The number of benzene rings is 1. The molecule has 0 unspecified atom stereocenters. The number of carbonyl (C=O) groups excluding carboxylic acids is 1. The Morgan fingerprint density at radius 3 is 2.78 bits per heavy atom. The van der Waals surface area contributed by atoms with Crippen LogP contribution in [0.1, 0.15) is 6.92 Å². The molecule has 98 valence electrons. The van der Waals surface area contributed by atoms with Crippen molar-refractivity contribution < 1.29 is 4.79 Å². The number of nitrogens with one attached hydrogen (secondary N) is 2. The second-order valence-corrected chi connectivity index (χ2v) is 5.18. The number of hydrogen-bond acceptors (Lipinski definition) is 3. The number of anilines is 2. The van der Waals surface area contributed by atoms with Gasteiger partial charge in [0.15, 0.2) is 0 Å². The molecule has 1 saturated heterocycles. The zero-order valence-corrected chi connectivity index (χ0v) is 11.2. The van der Waals surface area contributed by atoms with Crippen molar-refractivity contribution in [3.63, 3.8) is 0 Å². The maximum atomic E-state index is 12.1. The van der Waals surface area contributed by atoms with E-state index in [0.717, 1.165) is 24.5 Å². The van der Waals surface area contributed by atoms with E-state index in [4.69, 9.17) is 0 Å². The predicted molar refractivity (Wildman–Crippen MR) is 74.9 cm³/mol. The zero-order valence-electron chi connectivity index (χ0n) is 11.2. The van der Waals surface area contributed by atoms with Gasteiger partial charge in [0.1, 0.15) is 0 Å². The Kier molecular flexibility index (Phi) is 3.87. The topological polar surface area (TPSA) is 44.4 Å². The minimum absolute atomic E-state index is 0.0769. The van der Waals surface area contributed by atoms with Crippen molar-refractivity contribution in [2.24, 2.45) is 11.8 Å². The summed E-state index contributed by atoms with van der Waals surface area (Å²) < 4.78 is 0. The van der Waals surface area contributed by atoms with Crippen molar-refractivity contribution in [3.8, 4) is 0 Å². The second-order valence-electron chi connectivity index (χ2n) is 5.18. The van der Waals surface area contributed by atoms with Gasteiger partial charge in [-0.05, 0) is 30.7 Å². The second kappa shape index (κ2) is 5.40. The first-order chi connectivity index (χ1) is 8.58. The first-order valence-electron chi connectivity index (χ1n) is 6.37. The molecule has 0 saturated carbocycles. The molecule has 1 heterocycles. The summed E-state index contributed by atoms with van der Waals surface area (Å²) >= 11 is 0. The van der Waals surface area contributed by atoms with Crippen molar-refractivity contribution in [2.75, 3.05) is 37.4 Å². The minimum atomic E-state index is 0.0769. The molecule has 4 nitrogen and oxygen atoms in total. The maximum absolute atomic E-state index is 12.1. The van der Waals surface area contributed by atoms with E-state index in [2.05, 4.69) is 17.6 Å². The van der Waals surface area contributed by atoms with Crippen LogP contribution in [-0.2, 0) is 4.79 Å². The molecule has 18 heavy (non-hydrogen) atoms. The highest BCUT2D eigenvalue weighted by molar-refractivity contribution is 5.93. The van der Waals surface area contributed by atoms with Crippen LogP contribution in [0.15, 0.2) is 24.3 Å². The molecule has 1 fully saturated rings. The molecule has 2 N–H and O–H groups in total. The molecule has 0 aromatic heterocycles. The Bertz CT molecular complexity index is 431. The van der Waals surface area contributed by atoms with Crippen LogP contribution in [-0.4, -0.2) is 33.1 Å². The third-order valence-corrected chi connectivity index (χ3v) is 3.48. The van der Waals surface area contributed by atoms with Crippen molar-refractivity contribution >= 4 is 17.3 Å². The van der Waals surface area contributed by atoms with Crippen molar-refractivity contribution in [1.29, 1.82) is 0 Å². The molecule has 0 aliphatic carbocycles. The van der Waals surface area contributed by atoms with E-state index in [1.165, 1.54) is 0 Å². The van der Waals surface area contributed by atoms with Crippen LogP contribution in [0.25, 0.3) is 0 Å². The lowest BCUT2D eigenvalue weighted by Gasteiger charge is -2.16. The third-order valence-electron chi connectivity index (χ3n) is 3.48. The molecule has 1 aromatic rings. The summed E-state index contributed by atoms with van der Waals surface area (Å²) in [7, 11) is 3.98. The molecule has 1 aliphatic heterocycles. The van der Waals surface area contributed by atoms with Gasteiger partial charge >= 0.3 is 0 Å². The average Bonchev–Trinajstić information content (AvgIpc) is 2.76. The van der Waals surface area contributed by atoms with E-state index in [-0.39, 0.29) is 11.8 Å². The Hall–Kier alpha value is -1.55. The van der Waals surface area contributed by atoms with E-state index in [0.29, 0.717) is 5.92 Å². The molecule has 4 heteroatoms. The average molecular weight is 247 g/mol. The molecule has 1 aliphatic rings. The Morgan fingerprint density at radius 2 is 2.17 bits per heavy atom. The molecular weight excluding hydrogens is 226 g/mol. The standard InChI is InChI=1S/C14H21N3O/c1-10-8-15-9-13(10)14(18)16-11-5-4-6-12(7-11)17(2)3/h4-7,10,13,15H,8-9H2,1-3H3,(H,16,18)/t10-,13-/m1/s1. The monoisotopic (exact) mass is 247 g/mol. The largest absolute Gasteiger partial charge is 0.378 e. The highest BCUT2D eigenvalue weighted by atomic mass is 16.1. The third kappa shape index (κ3) is 2.82. The summed E-state index contributed by atoms with van der Waals surface area (Å²) in [6, 6.07) is 7.90. The Labute approximate surface area is 108 Å². The number of carbonyl (C=O) groups is 1. The van der Waals surface area contributed by atoms with Crippen LogP contribution in [0.5, 0.6) is 0 Å². The predicted octanol–water partition coefficient (Wildman–Crippen LogP) is 1.55. The van der Waals surface area contributed by atoms with Crippen molar-refractivity contribution in [3.05, 3.63) is 24.3 Å². The minimum Gasteiger partial charge on any atom is -0.378 e. The van der Waals surface area contributed by atoms with Gasteiger partial charge in [-0.1, -0.05) is 13.0 Å². The quantitative estimate of drug-likeness (QED) is 0.851. The van der Waals surface area contributed by atoms with Crippen LogP contribution in [0.4, 0.5) is 11.4 Å². The number of nitrogens with zero attached hydrogens (tertiary/aromatic N) is 1. The van der Waals surface area contributed by atoms with Crippen LogP contribution in [0, 0.1) is 11.8 Å². The molecule has 1 aromatic carbocycles. The van der Waals surface area contributed by atoms with Gasteiger partial charge in [-0.2, -0.15) is 0 Å². The Balaban J connectivity index is 2.04. The fourth-order valence-electron chi connectivity index (χ4n) is 2.26. The number of rotatable bonds is 3. The lowest BCUT2D eigenvalue weighted by molar-refractivity contribution is -0.120. The SMILES string of the molecule is C[C@@H]1CNC[C@H]1C(=O)Nc1cccc(N(C)C)c1. The van der Waals surface area contributed by atoms with Gasteiger partial charge in [0.2, 0.25) is 5.91 Å². The van der Waals surface area contributed by atoms with Gasteiger partial charge in [-0.15, -0.1) is 0 Å². The van der Waals surface area contributed by atoms with E-state index < -0.39 is 0 Å². The van der Waals surface area contributed by atoms with Crippen LogP contribution in [0.3, 0.4) is 0 Å². The van der Waals surface area contributed by atoms with Gasteiger partial charge in [-0.3, -0.25) is 4.79 Å². The lowest BCUT2D eigenvalue weighted by atomic mass is 9.97. The van der Waals surface area contributed by atoms with Gasteiger partial charge in [0.25, 0.3) is 0 Å². The van der Waals surface area contributed by atoms with E-state index >= 15 is 0 Å². The van der Waals surface area contributed by atoms with Gasteiger partial charge < -0.3 is 15.5 Å².